The van der Waals surface area contributed by atoms with Crippen molar-refractivity contribution in [2.24, 2.45) is 0 Å². The third kappa shape index (κ3) is 4.41. The lowest BCUT2D eigenvalue weighted by Crippen LogP contribution is -2.15. The van der Waals surface area contributed by atoms with E-state index in [-0.39, 0.29) is 5.41 Å². The highest BCUT2D eigenvalue weighted by Gasteiger charge is 2.35. The molecule has 0 saturated heterocycles. The van der Waals surface area contributed by atoms with Crippen LogP contribution in [0.5, 0.6) is 0 Å². The number of nitrogens with zero attached hydrogens (tertiary/aromatic N) is 3. The fourth-order valence-corrected chi connectivity index (χ4v) is 10.8. The first-order chi connectivity index (χ1) is 30.5. The molecule has 0 N–H and O–H groups in total. The SMILES string of the molecule is CC1(C)c2ccccc2-c2ccc(-c3nc(-n4c5ccccc5c5c6oc7cc(-c8cccc9c8oc8ccccc89)c8ccccc8c7c6ccc54)nc4ccccc34)cc21. The van der Waals surface area contributed by atoms with Crippen LogP contribution in [-0.4, -0.2) is 14.5 Å². The molecular weight excluding hydrogens is 759 g/mol. The van der Waals surface area contributed by atoms with E-state index in [4.69, 9.17) is 18.8 Å². The summed E-state index contributed by atoms with van der Waals surface area (Å²) < 4.78 is 15.9. The molecule has 1 aliphatic rings. The van der Waals surface area contributed by atoms with Gasteiger partial charge in [0.25, 0.3) is 0 Å². The van der Waals surface area contributed by atoms with Gasteiger partial charge in [0.15, 0.2) is 0 Å². The van der Waals surface area contributed by atoms with Gasteiger partial charge in [0, 0.05) is 48.9 Å². The molecule has 1 aliphatic carbocycles. The molecule has 0 fully saturated rings. The van der Waals surface area contributed by atoms with Crippen LogP contribution < -0.4 is 0 Å². The number of rotatable bonds is 3. The van der Waals surface area contributed by atoms with Crippen LogP contribution in [0.1, 0.15) is 25.0 Å². The topological polar surface area (TPSA) is 57.0 Å². The summed E-state index contributed by atoms with van der Waals surface area (Å²) in [6, 6.07) is 62.6. The van der Waals surface area contributed by atoms with Gasteiger partial charge in [-0.3, -0.25) is 4.57 Å². The summed E-state index contributed by atoms with van der Waals surface area (Å²) in [5, 5.41) is 9.81. The van der Waals surface area contributed by atoms with Crippen molar-refractivity contribution in [3.05, 3.63) is 187 Å². The predicted octanol–water partition coefficient (Wildman–Crippen LogP) is 15.3. The van der Waals surface area contributed by atoms with E-state index in [9.17, 15) is 0 Å². The Kier molecular flexibility index (Phi) is 6.57. The van der Waals surface area contributed by atoms with Crippen molar-refractivity contribution in [1.82, 2.24) is 14.5 Å². The Morgan fingerprint density at radius 1 is 0.419 bits per heavy atom. The Bertz CT molecular complexity index is 4090. The van der Waals surface area contributed by atoms with Gasteiger partial charge in [0.05, 0.1) is 27.6 Å². The zero-order valence-electron chi connectivity index (χ0n) is 33.9. The molecule has 4 heterocycles. The van der Waals surface area contributed by atoms with E-state index in [2.05, 4.69) is 182 Å². The summed E-state index contributed by atoms with van der Waals surface area (Å²) in [6.07, 6.45) is 0. The number of hydrogen-bond donors (Lipinski definition) is 0. The smallest absolute Gasteiger partial charge is 0.235 e. The molecule has 0 aliphatic heterocycles. The Labute approximate surface area is 355 Å². The van der Waals surface area contributed by atoms with Crippen molar-refractivity contribution in [1.29, 1.82) is 0 Å². The van der Waals surface area contributed by atoms with Crippen LogP contribution in [-0.2, 0) is 5.41 Å². The molecule has 13 aromatic rings. The van der Waals surface area contributed by atoms with Gasteiger partial charge in [-0.15, -0.1) is 0 Å². The van der Waals surface area contributed by atoms with Crippen LogP contribution in [0, 0.1) is 0 Å². The van der Waals surface area contributed by atoms with Crippen molar-refractivity contribution in [2.75, 3.05) is 0 Å². The van der Waals surface area contributed by atoms with Gasteiger partial charge >= 0.3 is 0 Å². The quantitative estimate of drug-likeness (QED) is 0.179. The second kappa shape index (κ2) is 12.1. The molecule has 290 valence electrons. The number of furan rings is 2. The molecule has 14 rings (SSSR count). The first-order valence-electron chi connectivity index (χ1n) is 21.2. The van der Waals surface area contributed by atoms with Crippen LogP contribution in [0.2, 0.25) is 0 Å². The van der Waals surface area contributed by atoms with Gasteiger partial charge in [-0.25, -0.2) is 9.97 Å². The van der Waals surface area contributed by atoms with Gasteiger partial charge < -0.3 is 8.83 Å². The fourth-order valence-electron chi connectivity index (χ4n) is 10.8. The minimum atomic E-state index is -0.134. The van der Waals surface area contributed by atoms with E-state index in [1.54, 1.807) is 0 Å². The molecular formula is C57H35N3O2. The normalized spacial score (nSPS) is 13.5. The van der Waals surface area contributed by atoms with Crippen LogP contribution in [0.15, 0.2) is 185 Å². The summed E-state index contributed by atoms with van der Waals surface area (Å²) in [4.78, 5) is 10.8. The van der Waals surface area contributed by atoms with Crippen LogP contribution in [0.4, 0.5) is 0 Å². The van der Waals surface area contributed by atoms with E-state index in [1.807, 2.05) is 12.1 Å². The summed E-state index contributed by atoms with van der Waals surface area (Å²) in [6.45, 7) is 4.65. The standard InChI is InChI=1S/C57H35N3O2/c1-57(2)44-22-9-5-15-34(44)35-27-26-32(30-45(35)57)53-40-18-6-10-23-46(40)58-56(59-53)60-47-24-11-7-19-41(47)52-48(60)29-28-42-51-37-17-4-3-14-33(37)43(31-50(51)62-55(42)52)39-21-13-20-38-36-16-8-12-25-49(36)61-54(38)39/h3-31H,1-2H3. The first-order valence-corrected chi connectivity index (χ1v) is 21.2. The van der Waals surface area contributed by atoms with E-state index in [1.165, 1.54) is 22.3 Å². The lowest BCUT2D eigenvalue weighted by molar-refractivity contribution is 0.660. The van der Waals surface area contributed by atoms with Gasteiger partial charge in [0.2, 0.25) is 5.95 Å². The Morgan fingerprint density at radius 2 is 1.11 bits per heavy atom. The maximum absolute atomic E-state index is 7.13. The highest BCUT2D eigenvalue weighted by atomic mass is 16.3. The van der Waals surface area contributed by atoms with Gasteiger partial charge in [-0.1, -0.05) is 147 Å². The third-order valence-corrected chi connectivity index (χ3v) is 13.6. The van der Waals surface area contributed by atoms with Gasteiger partial charge in [-0.05, 0) is 81.1 Å². The summed E-state index contributed by atoms with van der Waals surface area (Å²) in [7, 11) is 0. The molecule has 9 aromatic carbocycles. The molecule has 4 aromatic heterocycles. The molecule has 0 amide bonds. The van der Waals surface area contributed by atoms with Crippen molar-refractivity contribution in [3.63, 3.8) is 0 Å². The Morgan fingerprint density at radius 3 is 2.02 bits per heavy atom. The molecule has 0 spiro atoms. The van der Waals surface area contributed by atoms with Gasteiger partial charge in [-0.2, -0.15) is 0 Å². The average molecular weight is 794 g/mol. The largest absolute Gasteiger partial charge is 0.455 e. The lowest BCUT2D eigenvalue weighted by Gasteiger charge is -2.22. The highest BCUT2D eigenvalue weighted by Crippen LogP contribution is 2.50. The molecule has 0 atom stereocenters. The second-order valence-electron chi connectivity index (χ2n) is 17.2. The fraction of sp³-hybridized carbons (Fsp3) is 0.0526. The van der Waals surface area contributed by atoms with Crippen molar-refractivity contribution in [3.8, 4) is 39.5 Å². The maximum atomic E-state index is 7.13. The summed E-state index contributed by atoms with van der Waals surface area (Å²) in [5.41, 5.74) is 15.6. The maximum Gasteiger partial charge on any atom is 0.235 e. The molecule has 0 unspecified atom stereocenters. The van der Waals surface area contributed by atoms with Crippen molar-refractivity contribution < 1.29 is 8.83 Å². The average Bonchev–Trinajstić information content (AvgIpc) is 4.05. The van der Waals surface area contributed by atoms with Crippen LogP contribution in [0.25, 0.3) is 127 Å². The molecule has 62 heavy (non-hydrogen) atoms. The minimum Gasteiger partial charge on any atom is -0.455 e. The zero-order valence-corrected chi connectivity index (χ0v) is 33.9. The molecule has 0 saturated carbocycles. The lowest BCUT2D eigenvalue weighted by atomic mass is 9.82. The number of benzene rings is 9. The van der Waals surface area contributed by atoms with E-state index < -0.39 is 0 Å². The highest BCUT2D eigenvalue weighted by molar-refractivity contribution is 6.29. The van der Waals surface area contributed by atoms with Crippen LogP contribution >= 0.6 is 0 Å². The van der Waals surface area contributed by atoms with Gasteiger partial charge in [0.1, 0.15) is 22.3 Å². The predicted molar refractivity (Wildman–Crippen MR) is 254 cm³/mol. The summed E-state index contributed by atoms with van der Waals surface area (Å²) >= 11 is 0. The monoisotopic (exact) mass is 793 g/mol. The third-order valence-electron chi connectivity index (χ3n) is 13.6. The Balaban J connectivity index is 1.02. The number of fused-ring (bicyclic) bond motifs is 16. The van der Waals surface area contributed by atoms with E-state index in [0.29, 0.717) is 5.95 Å². The number of hydrogen-bond acceptors (Lipinski definition) is 4. The zero-order chi connectivity index (χ0) is 40.8. The molecule has 5 heteroatoms. The Hall–Kier alpha value is -8.02. The molecule has 0 radical (unpaired) electrons. The number of aromatic nitrogens is 3. The number of para-hydroxylation sites is 4. The van der Waals surface area contributed by atoms with E-state index in [0.717, 1.165) is 110 Å². The summed E-state index contributed by atoms with van der Waals surface area (Å²) in [5.74, 6) is 0.620. The van der Waals surface area contributed by atoms with Crippen LogP contribution in [0.3, 0.4) is 0 Å². The second-order valence-corrected chi connectivity index (χ2v) is 17.2. The molecule has 0 bridgehead atoms. The van der Waals surface area contributed by atoms with Crippen molar-refractivity contribution >= 4 is 87.4 Å². The van der Waals surface area contributed by atoms with E-state index >= 15 is 0 Å². The first kappa shape index (κ1) is 33.8. The molecule has 5 nitrogen and oxygen atoms in total. The van der Waals surface area contributed by atoms with Crippen molar-refractivity contribution in [2.45, 2.75) is 19.3 Å². The minimum absolute atomic E-state index is 0.134.